The fourth-order valence-electron chi connectivity index (χ4n) is 1.59. The Balaban J connectivity index is 2.04. The monoisotopic (exact) mass is 299 g/mol. The van der Waals surface area contributed by atoms with E-state index in [1.54, 1.807) is 12.1 Å². The van der Waals surface area contributed by atoms with E-state index in [9.17, 15) is 0 Å². The number of anilines is 1. The minimum Gasteiger partial charge on any atom is -0.381 e. The topological polar surface area (TPSA) is 12.0 Å². The molecule has 1 N–H and O–H groups in total. The van der Waals surface area contributed by atoms with Crippen LogP contribution in [0.4, 0.5) is 5.69 Å². The molecule has 0 saturated carbocycles. The first kappa shape index (κ1) is 13.5. The van der Waals surface area contributed by atoms with E-state index in [0.29, 0.717) is 22.5 Å². The molecule has 2 aromatic carbocycles. The van der Waals surface area contributed by atoms with E-state index in [0.717, 1.165) is 16.8 Å². The van der Waals surface area contributed by atoms with Gasteiger partial charge in [-0.05, 0) is 41.5 Å². The van der Waals surface area contributed by atoms with Gasteiger partial charge >= 0.3 is 0 Å². The van der Waals surface area contributed by atoms with Crippen molar-refractivity contribution in [1.29, 1.82) is 0 Å². The lowest BCUT2D eigenvalue weighted by molar-refractivity contribution is 1.15. The molecule has 0 bridgehead atoms. The average Bonchev–Trinajstić information content (AvgIpc) is 2.40. The molecular formula is C14H12Cl3N. The van der Waals surface area contributed by atoms with Crippen molar-refractivity contribution in [2.24, 2.45) is 0 Å². The molecule has 0 aliphatic heterocycles. The number of benzene rings is 2. The number of nitrogens with one attached hydrogen (secondary N) is 1. The molecule has 0 unspecified atom stereocenters. The summed E-state index contributed by atoms with van der Waals surface area (Å²) in [6.07, 6.45) is 0. The molecule has 0 aliphatic rings. The molecule has 0 spiro atoms. The second kappa shape index (κ2) is 6.33. The van der Waals surface area contributed by atoms with Gasteiger partial charge in [-0.25, -0.2) is 0 Å². The molecule has 94 valence electrons. The zero-order valence-electron chi connectivity index (χ0n) is 9.59. The van der Waals surface area contributed by atoms with Crippen LogP contribution in [0.3, 0.4) is 0 Å². The third kappa shape index (κ3) is 3.55. The van der Waals surface area contributed by atoms with Crippen molar-refractivity contribution in [2.45, 2.75) is 12.4 Å². The summed E-state index contributed by atoms with van der Waals surface area (Å²) in [5.74, 6) is 0.528. The summed E-state index contributed by atoms with van der Waals surface area (Å²) in [6, 6.07) is 13.4. The molecule has 1 nitrogen and oxygen atoms in total. The summed E-state index contributed by atoms with van der Waals surface area (Å²) < 4.78 is 0. The summed E-state index contributed by atoms with van der Waals surface area (Å²) in [6.45, 7) is 0.639. The molecule has 0 aromatic heterocycles. The Kier molecular flexibility index (Phi) is 4.76. The van der Waals surface area contributed by atoms with Crippen molar-refractivity contribution in [3.05, 3.63) is 63.6 Å². The Morgan fingerprint density at radius 3 is 2.33 bits per heavy atom. The minimum absolute atomic E-state index is 0.528. The van der Waals surface area contributed by atoms with E-state index in [2.05, 4.69) is 5.32 Å². The van der Waals surface area contributed by atoms with Crippen LogP contribution in [0.25, 0.3) is 0 Å². The van der Waals surface area contributed by atoms with Gasteiger partial charge in [-0.2, -0.15) is 0 Å². The van der Waals surface area contributed by atoms with Gasteiger partial charge in [-0.3, -0.25) is 0 Å². The summed E-state index contributed by atoms with van der Waals surface area (Å²) in [5.41, 5.74) is 3.11. The fourth-order valence-corrected chi connectivity index (χ4v) is 2.14. The predicted molar refractivity (Wildman–Crippen MR) is 79.8 cm³/mol. The van der Waals surface area contributed by atoms with Crippen LogP contribution in [0.1, 0.15) is 11.1 Å². The molecule has 2 aromatic rings. The quantitative estimate of drug-likeness (QED) is 0.751. The molecule has 2 rings (SSSR count). The van der Waals surface area contributed by atoms with Gasteiger partial charge in [-0.15, -0.1) is 11.6 Å². The highest BCUT2D eigenvalue weighted by atomic mass is 35.5. The summed E-state index contributed by atoms with van der Waals surface area (Å²) in [5, 5.41) is 4.70. The second-order valence-electron chi connectivity index (χ2n) is 3.92. The van der Waals surface area contributed by atoms with Gasteiger partial charge in [0.1, 0.15) is 0 Å². The van der Waals surface area contributed by atoms with Gasteiger partial charge in [0.05, 0.1) is 0 Å². The van der Waals surface area contributed by atoms with Crippen LogP contribution in [-0.4, -0.2) is 0 Å². The maximum absolute atomic E-state index is 6.09. The maximum Gasteiger partial charge on any atom is 0.0474 e. The third-order valence-corrected chi connectivity index (χ3v) is 3.51. The number of halogens is 3. The maximum atomic E-state index is 6.09. The summed E-state index contributed by atoms with van der Waals surface area (Å²) in [7, 11) is 0. The fraction of sp³-hybridized carbons (Fsp3) is 0.143. The molecule has 18 heavy (non-hydrogen) atoms. The lowest BCUT2D eigenvalue weighted by Gasteiger charge is -2.09. The smallest absolute Gasteiger partial charge is 0.0474 e. The normalized spacial score (nSPS) is 10.4. The Hall–Kier alpha value is -0.890. The number of hydrogen-bond donors (Lipinski definition) is 1. The first-order valence-electron chi connectivity index (χ1n) is 5.52. The lowest BCUT2D eigenvalue weighted by atomic mass is 10.2. The molecule has 0 fully saturated rings. The Morgan fingerprint density at radius 2 is 1.67 bits per heavy atom. The molecule has 0 atom stereocenters. The van der Waals surface area contributed by atoms with E-state index in [-0.39, 0.29) is 0 Å². The van der Waals surface area contributed by atoms with Gasteiger partial charge in [0.15, 0.2) is 0 Å². The second-order valence-corrected chi connectivity index (χ2v) is 5.03. The van der Waals surface area contributed by atoms with Crippen LogP contribution >= 0.6 is 34.8 Å². The standard InChI is InChI=1S/C14H12Cl3N/c15-8-10-1-4-13(5-2-10)18-9-11-7-12(16)3-6-14(11)17/h1-7,18H,8-9H2. The Bertz CT molecular complexity index is 523. The summed E-state index contributed by atoms with van der Waals surface area (Å²) in [4.78, 5) is 0. The number of rotatable bonds is 4. The van der Waals surface area contributed by atoms with Crippen LogP contribution in [0.2, 0.25) is 10.0 Å². The molecule has 0 radical (unpaired) electrons. The largest absolute Gasteiger partial charge is 0.381 e. The number of hydrogen-bond acceptors (Lipinski definition) is 1. The molecule has 0 heterocycles. The van der Waals surface area contributed by atoms with E-state index in [1.807, 2.05) is 30.3 Å². The van der Waals surface area contributed by atoms with Crippen molar-refractivity contribution >= 4 is 40.5 Å². The minimum atomic E-state index is 0.528. The van der Waals surface area contributed by atoms with E-state index >= 15 is 0 Å². The van der Waals surface area contributed by atoms with Crippen molar-refractivity contribution in [1.82, 2.24) is 0 Å². The van der Waals surface area contributed by atoms with Gasteiger partial charge in [-0.1, -0.05) is 35.3 Å². The molecule has 0 aliphatic carbocycles. The first-order valence-corrected chi connectivity index (χ1v) is 6.81. The number of alkyl halides is 1. The van der Waals surface area contributed by atoms with Crippen LogP contribution in [0.5, 0.6) is 0 Å². The van der Waals surface area contributed by atoms with E-state index in [4.69, 9.17) is 34.8 Å². The highest BCUT2D eigenvalue weighted by molar-refractivity contribution is 6.33. The van der Waals surface area contributed by atoms with Crippen LogP contribution in [-0.2, 0) is 12.4 Å². The SMILES string of the molecule is ClCc1ccc(NCc2cc(Cl)ccc2Cl)cc1. The van der Waals surface area contributed by atoms with Crippen molar-refractivity contribution in [3.63, 3.8) is 0 Å². The van der Waals surface area contributed by atoms with Gasteiger partial charge in [0.2, 0.25) is 0 Å². The van der Waals surface area contributed by atoms with Crippen LogP contribution < -0.4 is 5.32 Å². The first-order chi connectivity index (χ1) is 8.69. The van der Waals surface area contributed by atoms with Gasteiger partial charge in [0.25, 0.3) is 0 Å². The zero-order chi connectivity index (χ0) is 13.0. The summed E-state index contributed by atoms with van der Waals surface area (Å²) >= 11 is 17.8. The van der Waals surface area contributed by atoms with Crippen LogP contribution in [0, 0.1) is 0 Å². The van der Waals surface area contributed by atoms with Crippen molar-refractivity contribution in [2.75, 3.05) is 5.32 Å². The van der Waals surface area contributed by atoms with Gasteiger partial charge in [0, 0.05) is 28.2 Å². The predicted octanol–water partition coefficient (Wildman–Crippen LogP) is 5.34. The van der Waals surface area contributed by atoms with Crippen molar-refractivity contribution < 1.29 is 0 Å². The zero-order valence-corrected chi connectivity index (χ0v) is 11.9. The Labute approximate surface area is 122 Å². The highest BCUT2D eigenvalue weighted by Crippen LogP contribution is 2.22. The Morgan fingerprint density at radius 1 is 0.944 bits per heavy atom. The average molecular weight is 301 g/mol. The van der Waals surface area contributed by atoms with Crippen LogP contribution in [0.15, 0.2) is 42.5 Å². The molecule has 0 saturated heterocycles. The third-order valence-electron chi connectivity index (χ3n) is 2.60. The molecule has 4 heteroatoms. The molecule has 0 amide bonds. The van der Waals surface area contributed by atoms with Gasteiger partial charge < -0.3 is 5.32 Å². The molecular weight excluding hydrogens is 289 g/mol. The van der Waals surface area contributed by atoms with E-state index < -0.39 is 0 Å². The van der Waals surface area contributed by atoms with E-state index in [1.165, 1.54) is 0 Å². The lowest BCUT2D eigenvalue weighted by Crippen LogP contribution is -2.00. The highest BCUT2D eigenvalue weighted by Gasteiger charge is 2.01. The van der Waals surface area contributed by atoms with Crippen molar-refractivity contribution in [3.8, 4) is 0 Å².